The van der Waals surface area contributed by atoms with Crippen LogP contribution in [0, 0.1) is 25.5 Å². The Morgan fingerprint density at radius 3 is 2.31 bits per heavy atom. The Bertz CT molecular complexity index is 1540. The van der Waals surface area contributed by atoms with Crippen molar-refractivity contribution in [1.29, 1.82) is 0 Å². The van der Waals surface area contributed by atoms with Crippen LogP contribution in [0.4, 0.5) is 14.6 Å². The zero-order chi connectivity index (χ0) is 25.1. The maximum Gasteiger partial charge on any atom is 0.251 e. The van der Waals surface area contributed by atoms with Gasteiger partial charge in [0.15, 0.2) is 11.6 Å². The van der Waals surface area contributed by atoms with Crippen molar-refractivity contribution in [2.45, 2.75) is 32.6 Å². The van der Waals surface area contributed by atoms with E-state index in [1.54, 1.807) is 12.1 Å². The number of nitrogens with zero attached hydrogens (tertiary/aromatic N) is 1. The van der Waals surface area contributed by atoms with Gasteiger partial charge in [-0.05, 0) is 94.8 Å². The molecule has 1 amide bonds. The predicted molar refractivity (Wildman–Crippen MR) is 132 cm³/mol. The second-order valence-electron chi connectivity index (χ2n) is 9.32. The molecule has 2 unspecified atom stereocenters. The summed E-state index contributed by atoms with van der Waals surface area (Å²) in [4.78, 5) is 17.3. The largest absolute Gasteiger partial charge is 0.384 e. The van der Waals surface area contributed by atoms with Crippen LogP contribution in [-0.4, -0.2) is 10.9 Å². The fourth-order valence-corrected chi connectivity index (χ4v) is 5.27. The van der Waals surface area contributed by atoms with Gasteiger partial charge in [-0.3, -0.25) is 4.79 Å². The highest BCUT2D eigenvalue weighted by atomic mass is 19.2. The molecule has 2 aliphatic heterocycles. The number of hydrogen-bond donors (Lipinski definition) is 2. The summed E-state index contributed by atoms with van der Waals surface area (Å²) >= 11 is 0. The van der Waals surface area contributed by atoms with Gasteiger partial charge in [0, 0.05) is 17.8 Å². The minimum absolute atomic E-state index is 0.188. The first-order valence-corrected chi connectivity index (χ1v) is 11.7. The first-order valence-electron chi connectivity index (χ1n) is 11.7. The number of ether oxygens (including phenoxy) is 1. The molecule has 5 nitrogen and oxygen atoms in total. The molecular formula is C29H23F2N3O2. The normalized spacial score (nSPS) is 17.1. The number of nitrogens with one attached hydrogen (secondary N) is 1. The zero-order valence-corrected chi connectivity index (χ0v) is 19.7. The summed E-state index contributed by atoms with van der Waals surface area (Å²) in [6.07, 6.45) is -0.522. The molecule has 2 aliphatic rings. The van der Waals surface area contributed by atoms with E-state index >= 15 is 0 Å². The summed E-state index contributed by atoms with van der Waals surface area (Å²) in [6, 6.07) is 17.2. The fraction of sp³-hybridized carbons (Fsp3) is 0.172. The van der Waals surface area contributed by atoms with E-state index in [9.17, 15) is 13.6 Å². The SMILES string of the molecule is Cc1cc(N)nc(C)c1CNC(=O)c1ccc2c(c1)C1OC2c2ccc(-c3ccc(F)c(F)c3)cc21. The zero-order valence-electron chi connectivity index (χ0n) is 19.7. The summed E-state index contributed by atoms with van der Waals surface area (Å²) in [5.41, 5.74) is 14.5. The van der Waals surface area contributed by atoms with Gasteiger partial charge in [-0.15, -0.1) is 0 Å². The van der Waals surface area contributed by atoms with Gasteiger partial charge in [-0.25, -0.2) is 13.8 Å². The third-order valence-electron chi connectivity index (χ3n) is 7.09. The Kier molecular flexibility index (Phi) is 5.12. The Balaban J connectivity index is 1.26. The first-order chi connectivity index (χ1) is 17.3. The van der Waals surface area contributed by atoms with Crippen molar-refractivity contribution in [3.05, 3.63) is 117 Å². The van der Waals surface area contributed by atoms with E-state index < -0.39 is 11.6 Å². The molecule has 0 aliphatic carbocycles. The highest BCUT2D eigenvalue weighted by Gasteiger charge is 2.43. The molecule has 1 aromatic heterocycles. The number of hydrogen-bond acceptors (Lipinski definition) is 4. The van der Waals surface area contributed by atoms with Crippen molar-refractivity contribution < 1.29 is 18.3 Å². The average Bonchev–Trinajstić information content (AvgIpc) is 3.41. The Morgan fingerprint density at radius 2 is 1.56 bits per heavy atom. The van der Waals surface area contributed by atoms with Gasteiger partial charge >= 0.3 is 0 Å². The van der Waals surface area contributed by atoms with Crippen LogP contribution in [0.5, 0.6) is 0 Å². The van der Waals surface area contributed by atoms with Crippen molar-refractivity contribution in [2.24, 2.45) is 0 Å². The molecule has 3 N–H and O–H groups in total. The Hall–Kier alpha value is -4.10. The molecule has 0 radical (unpaired) electrons. The van der Waals surface area contributed by atoms with Crippen LogP contribution in [0.15, 0.2) is 60.7 Å². The number of pyridine rings is 1. The van der Waals surface area contributed by atoms with Gasteiger partial charge < -0.3 is 15.8 Å². The monoisotopic (exact) mass is 483 g/mol. The molecule has 2 atom stereocenters. The highest BCUT2D eigenvalue weighted by Crippen LogP contribution is 2.54. The molecule has 36 heavy (non-hydrogen) atoms. The smallest absolute Gasteiger partial charge is 0.251 e. The van der Waals surface area contributed by atoms with Crippen molar-refractivity contribution in [3.63, 3.8) is 0 Å². The van der Waals surface area contributed by atoms with E-state index in [1.807, 2.05) is 50.2 Å². The lowest BCUT2D eigenvalue weighted by atomic mass is 9.84. The van der Waals surface area contributed by atoms with Crippen molar-refractivity contribution in [3.8, 4) is 11.1 Å². The maximum absolute atomic E-state index is 13.8. The van der Waals surface area contributed by atoms with Gasteiger partial charge in [0.1, 0.15) is 18.0 Å². The van der Waals surface area contributed by atoms with Crippen molar-refractivity contribution in [1.82, 2.24) is 10.3 Å². The topological polar surface area (TPSA) is 77.2 Å². The number of nitrogens with two attached hydrogens (primary N) is 1. The number of fused-ring (bicyclic) bond motifs is 8. The summed E-state index contributed by atoms with van der Waals surface area (Å²) in [7, 11) is 0. The number of nitrogen functional groups attached to an aromatic ring is 1. The van der Waals surface area contributed by atoms with E-state index in [0.717, 1.165) is 50.7 Å². The van der Waals surface area contributed by atoms with Crippen molar-refractivity contribution in [2.75, 3.05) is 5.73 Å². The predicted octanol–water partition coefficient (Wildman–Crippen LogP) is 5.68. The lowest BCUT2D eigenvalue weighted by Gasteiger charge is -2.18. The number of carbonyl (C=O) groups excluding carboxylic acids is 1. The molecule has 0 spiro atoms. The molecule has 0 fully saturated rings. The summed E-state index contributed by atoms with van der Waals surface area (Å²) in [6.45, 7) is 4.17. The number of halogens is 2. The minimum atomic E-state index is -0.882. The lowest BCUT2D eigenvalue weighted by Crippen LogP contribution is -2.24. The minimum Gasteiger partial charge on any atom is -0.384 e. The number of rotatable bonds is 4. The molecular weight excluding hydrogens is 460 g/mol. The van der Waals surface area contributed by atoms with Gasteiger partial charge in [0.05, 0.1) is 0 Å². The van der Waals surface area contributed by atoms with Crippen LogP contribution >= 0.6 is 0 Å². The molecule has 0 saturated carbocycles. The molecule has 6 rings (SSSR count). The van der Waals surface area contributed by atoms with E-state index in [2.05, 4.69) is 10.3 Å². The standard InChI is InChI=1S/C29H23F2N3O2/c1-14-9-26(32)34-15(2)23(14)13-33-29(35)18-4-7-20-22(11-18)28-21-10-16(3-6-19(21)27(20)36-28)17-5-8-24(30)25(31)12-17/h3-12,27-28H,13H2,1-2H3,(H2,32,34)(H,33,35). The maximum atomic E-state index is 13.8. The molecule has 180 valence electrons. The van der Waals surface area contributed by atoms with Crippen molar-refractivity contribution >= 4 is 11.7 Å². The average molecular weight is 484 g/mol. The number of amides is 1. The fourth-order valence-electron chi connectivity index (χ4n) is 5.27. The van der Waals surface area contributed by atoms with Gasteiger partial charge in [0.2, 0.25) is 0 Å². The second kappa shape index (κ2) is 8.24. The molecule has 7 heteroatoms. The van der Waals surface area contributed by atoms with Crippen LogP contribution in [0.2, 0.25) is 0 Å². The van der Waals surface area contributed by atoms with Gasteiger partial charge in [0.25, 0.3) is 5.91 Å². The first kappa shape index (κ1) is 22.4. The highest BCUT2D eigenvalue weighted by molar-refractivity contribution is 5.94. The van der Waals surface area contributed by atoms with Crippen LogP contribution in [0.3, 0.4) is 0 Å². The molecule has 3 heterocycles. The summed E-state index contributed by atoms with van der Waals surface area (Å²) < 4.78 is 33.5. The molecule has 4 aromatic rings. The number of anilines is 1. The van der Waals surface area contributed by atoms with E-state index in [0.29, 0.717) is 23.5 Å². The van der Waals surface area contributed by atoms with E-state index in [-0.39, 0.29) is 18.1 Å². The van der Waals surface area contributed by atoms with Crippen LogP contribution in [-0.2, 0) is 11.3 Å². The number of aromatic nitrogens is 1. The third-order valence-corrected chi connectivity index (χ3v) is 7.09. The lowest BCUT2D eigenvalue weighted by molar-refractivity contribution is 0.0857. The second-order valence-corrected chi connectivity index (χ2v) is 9.32. The Morgan fingerprint density at radius 1 is 0.889 bits per heavy atom. The van der Waals surface area contributed by atoms with Gasteiger partial charge in [-0.2, -0.15) is 0 Å². The van der Waals surface area contributed by atoms with Crippen LogP contribution in [0.1, 0.15) is 61.6 Å². The van der Waals surface area contributed by atoms with Crippen LogP contribution < -0.4 is 11.1 Å². The third kappa shape index (κ3) is 3.55. The number of carbonyl (C=O) groups is 1. The summed E-state index contributed by atoms with van der Waals surface area (Å²) in [5, 5.41) is 2.98. The molecule has 3 aromatic carbocycles. The number of aryl methyl sites for hydroxylation is 2. The Labute approximate surface area is 206 Å². The van der Waals surface area contributed by atoms with E-state index in [4.69, 9.17) is 10.5 Å². The molecule has 0 saturated heterocycles. The van der Waals surface area contributed by atoms with E-state index in [1.165, 1.54) is 6.07 Å². The number of benzene rings is 3. The molecule has 2 bridgehead atoms. The quantitative estimate of drug-likeness (QED) is 0.392. The summed E-state index contributed by atoms with van der Waals surface area (Å²) in [5.74, 6) is -1.49. The van der Waals surface area contributed by atoms with Crippen LogP contribution in [0.25, 0.3) is 11.1 Å². The van der Waals surface area contributed by atoms with Gasteiger partial charge in [-0.1, -0.05) is 24.3 Å².